The fourth-order valence-electron chi connectivity index (χ4n) is 1.40. The van der Waals surface area contributed by atoms with E-state index >= 15 is 0 Å². The number of fused-ring (bicyclic) bond motifs is 1. The number of rotatable bonds is 4. The highest BCUT2D eigenvalue weighted by Crippen LogP contribution is 2.01. The summed E-state index contributed by atoms with van der Waals surface area (Å²) in [4.78, 5) is 19.7. The zero-order valence-electron chi connectivity index (χ0n) is 9.74. The third kappa shape index (κ3) is 2.29. The van der Waals surface area contributed by atoms with Crippen LogP contribution in [0.25, 0.3) is 5.78 Å². The van der Waals surface area contributed by atoms with Crippen molar-refractivity contribution in [3.8, 4) is 0 Å². The molecule has 96 valence electrons. The topological polar surface area (TPSA) is 113 Å². The molecule has 0 aliphatic rings. The van der Waals surface area contributed by atoms with Crippen LogP contribution in [0.4, 0.5) is 0 Å². The Hall–Kier alpha value is -2.06. The smallest absolute Gasteiger partial charge is 0.291 e. The van der Waals surface area contributed by atoms with E-state index in [0.29, 0.717) is 5.78 Å². The molecule has 8 nitrogen and oxygen atoms in total. The first-order valence-corrected chi connectivity index (χ1v) is 5.36. The maximum Gasteiger partial charge on any atom is 0.291 e. The molecule has 0 radical (unpaired) electrons. The molecule has 3 N–H and O–H groups in total. The second-order valence-electron chi connectivity index (χ2n) is 3.77. The van der Waals surface area contributed by atoms with Crippen molar-refractivity contribution in [2.75, 3.05) is 13.2 Å². The Morgan fingerprint density at radius 2 is 2.22 bits per heavy atom. The normalized spacial score (nSPS) is 11.1. The first-order valence-electron chi connectivity index (χ1n) is 5.36. The van der Waals surface area contributed by atoms with Crippen LogP contribution in [-0.4, -0.2) is 55.0 Å². The largest absolute Gasteiger partial charge is 0.394 e. The van der Waals surface area contributed by atoms with E-state index in [1.807, 2.05) is 6.92 Å². The van der Waals surface area contributed by atoms with Gasteiger partial charge in [-0.1, -0.05) is 0 Å². The average Bonchev–Trinajstić information content (AvgIpc) is 2.81. The van der Waals surface area contributed by atoms with E-state index in [4.69, 9.17) is 10.2 Å². The molecule has 0 atom stereocenters. The summed E-state index contributed by atoms with van der Waals surface area (Å²) in [6.45, 7) is 1.11. The van der Waals surface area contributed by atoms with Crippen LogP contribution in [-0.2, 0) is 0 Å². The predicted molar refractivity (Wildman–Crippen MR) is 60.9 cm³/mol. The summed E-state index contributed by atoms with van der Waals surface area (Å²) < 4.78 is 1.45. The summed E-state index contributed by atoms with van der Waals surface area (Å²) >= 11 is 0. The summed E-state index contributed by atoms with van der Waals surface area (Å²) in [6.07, 6.45) is 1.57. The van der Waals surface area contributed by atoms with Gasteiger partial charge in [-0.3, -0.25) is 4.79 Å². The first-order chi connectivity index (χ1) is 8.65. The summed E-state index contributed by atoms with van der Waals surface area (Å²) in [5.74, 6) is -0.290. The second kappa shape index (κ2) is 5.07. The Labute approximate surface area is 102 Å². The molecule has 0 aliphatic carbocycles. The van der Waals surface area contributed by atoms with Crippen molar-refractivity contribution in [3.63, 3.8) is 0 Å². The molecular weight excluding hydrogens is 238 g/mol. The van der Waals surface area contributed by atoms with E-state index in [9.17, 15) is 4.79 Å². The zero-order chi connectivity index (χ0) is 13.1. The monoisotopic (exact) mass is 251 g/mol. The van der Waals surface area contributed by atoms with Gasteiger partial charge in [0.15, 0.2) is 0 Å². The van der Waals surface area contributed by atoms with Crippen molar-refractivity contribution < 1.29 is 15.0 Å². The lowest BCUT2D eigenvalue weighted by Gasteiger charge is -2.10. The van der Waals surface area contributed by atoms with Crippen LogP contribution in [0, 0.1) is 6.92 Å². The SMILES string of the molecule is Cc1ccnc2nc(C(=O)NC(CO)CO)nn12. The molecule has 2 aromatic rings. The molecule has 0 bridgehead atoms. The summed E-state index contributed by atoms with van der Waals surface area (Å²) in [6, 6.07) is 1.02. The minimum Gasteiger partial charge on any atom is -0.394 e. The van der Waals surface area contributed by atoms with Crippen LogP contribution >= 0.6 is 0 Å². The Bertz CT molecular complexity index is 564. The van der Waals surface area contributed by atoms with Crippen LogP contribution in [0.3, 0.4) is 0 Å². The lowest BCUT2D eigenvalue weighted by Crippen LogP contribution is -2.40. The van der Waals surface area contributed by atoms with E-state index in [1.54, 1.807) is 12.3 Å². The molecule has 0 saturated carbocycles. The number of hydrogen-bond acceptors (Lipinski definition) is 6. The molecule has 0 unspecified atom stereocenters. The number of aliphatic hydroxyl groups excluding tert-OH is 2. The van der Waals surface area contributed by atoms with Crippen molar-refractivity contribution in [1.82, 2.24) is 24.9 Å². The summed E-state index contributed by atoms with van der Waals surface area (Å²) in [5, 5.41) is 24.2. The first kappa shape index (κ1) is 12.4. The van der Waals surface area contributed by atoms with E-state index in [1.165, 1.54) is 4.52 Å². The van der Waals surface area contributed by atoms with Crippen LogP contribution < -0.4 is 5.32 Å². The van der Waals surface area contributed by atoms with E-state index < -0.39 is 11.9 Å². The van der Waals surface area contributed by atoms with Gasteiger partial charge in [-0.05, 0) is 13.0 Å². The van der Waals surface area contributed by atoms with Gasteiger partial charge in [0.2, 0.25) is 5.82 Å². The second-order valence-corrected chi connectivity index (χ2v) is 3.77. The number of carbonyl (C=O) groups excluding carboxylic acids is 1. The number of aliphatic hydroxyl groups is 2. The average molecular weight is 251 g/mol. The zero-order valence-corrected chi connectivity index (χ0v) is 9.74. The van der Waals surface area contributed by atoms with E-state index in [-0.39, 0.29) is 19.0 Å². The van der Waals surface area contributed by atoms with Crippen molar-refractivity contribution in [1.29, 1.82) is 0 Å². The van der Waals surface area contributed by atoms with E-state index in [0.717, 1.165) is 5.69 Å². The molecule has 0 aromatic carbocycles. The van der Waals surface area contributed by atoms with Gasteiger partial charge in [0.25, 0.3) is 11.7 Å². The molecule has 8 heteroatoms. The molecular formula is C10H13N5O3. The quantitative estimate of drug-likeness (QED) is 0.610. The lowest BCUT2D eigenvalue weighted by molar-refractivity contribution is 0.0869. The van der Waals surface area contributed by atoms with Crippen molar-refractivity contribution in [3.05, 3.63) is 23.8 Å². The fourth-order valence-corrected chi connectivity index (χ4v) is 1.40. The molecule has 2 heterocycles. The molecule has 18 heavy (non-hydrogen) atoms. The van der Waals surface area contributed by atoms with Gasteiger partial charge in [-0.2, -0.15) is 4.98 Å². The summed E-state index contributed by atoms with van der Waals surface area (Å²) in [5.41, 5.74) is 0.799. The fraction of sp³-hybridized carbons (Fsp3) is 0.400. The Morgan fingerprint density at radius 3 is 2.83 bits per heavy atom. The number of nitrogens with zero attached hydrogens (tertiary/aromatic N) is 4. The number of hydrogen-bond donors (Lipinski definition) is 3. The minimum atomic E-state index is -0.724. The number of carbonyl (C=O) groups is 1. The molecule has 0 spiro atoms. The number of aromatic nitrogens is 4. The highest BCUT2D eigenvalue weighted by Gasteiger charge is 2.17. The lowest BCUT2D eigenvalue weighted by atomic mass is 10.3. The summed E-state index contributed by atoms with van der Waals surface area (Å²) in [7, 11) is 0. The molecule has 0 fully saturated rings. The van der Waals surface area contributed by atoms with Crippen LogP contribution in [0.5, 0.6) is 0 Å². The number of nitrogens with one attached hydrogen (secondary N) is 1. The van der Waals surface area contributed by atoms with Gasteiger partial charge in [-0.15, -0.1) is 5.10 Å². The van der Waals surface area contributed by atoms with Gasteiger partial charge in [0.05, 0.1) is 19.3 Å². The van der Waals surface area contributed by atoms with E-state index in [2.05, 4.69) is 20.4 Å². The van der Waals surface area contributed by atoms with Crippen molar-refractivity contribution in [2.24, 2.45) is 0 Å². The molecule has 0 aliphatic heterocycles. The van der Waals surface area contributed by atoms with Gasteiger partial charge in [-0.25, -0.2) is 9.50 Å². The number of amides is 1. The van der Waals surface area contributed by atoms with Crippen LogP contribution in [0.1, 0.15) is 16.3 Å². The highest BCUT2D eigenvalue weighted by molar-refractivity contribution is 5.91. The van der Waals surface area contributed by atoms with Gasteiger partial charge < -0.3 is 15.5 Å². The number of aryl methyl sites for hydroxylation is 1. The third-order valence-corrected chi connectivity index (χ3v) is 2.41. The highest BCUT2D eigenvalue weighted by atomic mass is 16.3. The minimum absolute atomic E-state index is 0.0521. The van der Waals surface area contributed by atoms with Crippen molar-refractivity contribution >= 4 is 11.7 Å². The third-order valence-electron chi connectivity index (χ3n) is 2.41. The van der Waals surface area contributed by atoms with Crippen LogP contribution in [0.2, 0.25) is 0 Å². The Morgan fingerprint density at radius 1 is 1.50 bits per heavy atom. The molecule has 0 saturated heterocycles. The molecule has 1 amide bonds. The predicted octanol–water partition coefficient (Wildman–Crippen LogP) is -1.48. The van der Waals surface area contributed by atoms with Crippen LogP contribution in [0.15, 0.2) is 12.3 Å². The molecule has 2 aromatic heterocycles. The van der Waals surface area contributed by atoms with Gasteiger partial charge in [0.1, 0.15) is 0 Å². The maximum atomic E-state index is 11.8. The van der Waals surface area contributed by atoms with Gasteiger partial charge >= 0.3 is 0 Å². The Balaban J connectivity index is 2.26. The Kier molecular flexibility index (Phi) is 3.49. The maximum absolute atomic E-state index is 11.8. The molecule has 2 rings (SSSR count). The van der Waals surface area contributed by atoms with Gasteiger partial charge in [0, 0.05) is 11.9 Å². The standard InChI is InChI=1S/C10H13N5O3/c1-6-2-3-11-10-13-8(14-15(6)10)9(18)12-7(4-16)5-17/h2-3,7,16-17H,4-5H2,1H3,(H,12,18). The van der Waals surface area contributed by atoms with Crippen molar-refractivity contribution in [2.45, 2.75) is 13.0 Å².